The predicted molar refractivity (Wildman–Crippen MR) is 297 cm³/mol. The second kappa shape index (κ2) is 26.7. The quantitative estimate of drug-likeness (QED) is 0.0572. The lowest BCUT2D eigenvalue weighted by Crippen LogP contribution is -2.50. The largest absolute Gasteiger partial charge is 0.416 e. The molecule has 0 bridgehead atoms. The van der Waals surface area contributed by atoms with Crippen molar-refractivity contribution in [2.45, 2.75) is 113 Å². The molecule has 1 spiro atoms. The maximum atomic E-state index is 14.2. The molecule has 21 heteroatoms. The van der Waals surface area contributed by atoms with Crippen molar-refractivity contribution < 1.29 is 59.4 Å². The number of nitrogens with zero attached hydrogens (tertiary/aromatic N) is 6. The van der Waals surface area contributed by atoms with Gasteiger partial charge in [-0.15, -0.1) is 11.3 Å². The number of aryl methyl sites for hydroxylation is 1. The Hall–Kier alpha value is -5.61. The molecule has 13 nitrogen and oxygen atoms in total. The van der Waals surface area contributed by atoms with Gasteiger partial charge in [0, 0.05) is 77.8 Å². The number of amides is 4. The lowest BCUT2D eigenvalue weighted by molar-refractivity contribution is -0.143. The van der Waals surface area contributed by atoms with Crippen LogP contribution in [0.1, 0.15) is 124 Å². The Balaban J connectivity index is 0.787. The molecule has 4 aromatic rings. The van der Waals surface area contributed by atoms with Gasteiger partial charge in [0.05, 0.1) is 33.7 Å². The first kappa shape index (κ1) is 61.5. The maximum Gasteiger partial charge on any atom is 0.416 e. The highest BCUT2D eigenvalue weighted by Crippen LogP contribution is 2.48. The molecule has 8 rings (SSSR count). The first-order valence-corrected chi connectivity index (χ1v) is 29.1. The molecule has 0 saturated carbocycles. The predicted octanol–water partition coefficient (Wildman–Crippen LogP) is 10.5. The number of likely N-dealkylation sites (N-methyl/N-ethyl adjacent to an activating group) is 2. The zero-order valence-corrected chi connectivity index (χ0v) is 47.7. The van der Waals surface area contributed by atoms with E-state index in [9.17, 15) is 49.9 Å². The van der Waals surface area contributed by atoms with Crippen LogP contribution in [0.25, 0.3) is 0 Å². The number of fused-ring (bicyclic) bond motifs is 2. The summed E-state index contributed by atoms with van der Waals surface area (Å²) >= 11 is 1.43. The molecule has 1 aliphatic carbocycles. The highest BCUT2D eigenvalue weighted by Gasteiger charge is 2.50. The Morgan fingerprint density at radius 2 is 1.41 bits per heavy atom. The Bertz CT molecular complexity index is 2770. The molecule has 3 aliphatic heterocycles. The van der Waals surface area contributed by atoms with Gasteiger partial charge in [-0.05, 0) is 150 Å². The lowest BCUT2D eigenvalue weighted by Gasteiger charge is -2.44. The van der Waals surface area contributed by atoms with E-state index < -0.39 is 58.5 Å². The van der Waals surface area contributed by atoms with Crippen LogP contribution in [0.3, 0.4) is 0 Å². The number of benzene rings is 3. The number of rotatable bonds is 23. The van der Waals surface area contributed by atoms with Gasteiger partial charge in [0.2, 0.25) is 11.8 Å². The third kappa shape index (κ3) is 15.3. The van der Waals surface area contributed by atoms with Gasteiger partial charge in [0.1, 0.15) is 24.8 Å². The molecule has 1 aromatic heterocycles. The van der Waals surface area contributed by atoms with Gasteiger partial charge in [-0.2, -0.15) is 26.3 Å². The van der Waals surface area contributed by atoms with E-state index in [-0.39, 0.29) is 49.5 Å². The number of halogens is 7. The molecule has 4 aliphatic rings. The van der Waals surface area contributed by atoms with Crippen LogP contribution in [0, 0.1) is 12.7 Å². The van der Waals surface area contributed by atoms with Gasteiger partial charge in [-0.1, -0.05) is 49.2 Å². The monoisotopic (exact) mass is 1160 g/mol. The molecule has 81 heavy (non-hydrogen) atoms. The Morgan fingerprint density at radius 3 is 2.10 bits per heavy atom. The second-order valence-electron chi connectivity index (χ2n) is 22.5. The number of unbranched alkanes of at least 4 members (excludes halogenated alkanes) is 2. The van der Waals surface area contributed by atoms with Crippen molar-refractivity contribution in [1.82, 2.24) is 29.4 Å². The normalized spacial score (nSPS) is 19.4. The van der Waals surface area contributed by atoms with Gasteiger partial charge in [0.25, 0.3) is 11.8 Å². The van der Waals surface area contributed by atoms with E-state index in [1.165, 1.54) is 60.4 Å². The number of likely N-dealkylation sites (tertiary alicyclic amines) is 2. The van der Waals surface area contributed by atoms with Crippen LogP contribution in [-0.2, 0) is 48.9 Å². The molecule has 442 valence electrons. The molecule has 3 fully saturated rings. The van der Waals surface area contributed by atoms with E-state index in [2.05, 4.69) is 27.2 Å². The van der Waals surface area contributed by atoms with Crippen molar-refractivity contribution in [3.05, 3.63) is 122 Å². The molecular weight excluding hydrogens is 1080 g/mol. The zero-order chi connectivity index (χ0) is 58.1. The smallest absolute Gasteiger partial charge is 0.377 e. The van der Waals surface area contributed by atoms with E-state index in [0.29, 0.717) is 87.4 Å². The summed E-state index contributed by atoms with van der Waals surface area (Å²) in [7, 11) is 5.40. The van der Waals surface area contributed by atoms with Gasteiger partial charge in [-0.3, -0.25) is 19.2 Å². The van der Waals surface area contributed by atoms with E-state index in [1.54, 1.807) is 23.9 Å². The minimum absolute atomic E-state index is 0.0249. The van der Waals surface area contributed by atoms with E-state index in [1.807, 2.05) is 37.1 Å². The number of carbonyl (C=O) groups is 4. The number of anilines is 1. The standard InChI is InChI=1S/C60H76F7N7O6S/c1-42-34-51(68-24-10-5-7-16-52(75)70(3)32-33-72-27-11-6-12-28-72)81-54(42)56(78)71(4)26-13-25-69(2)53(76)39-79-50-37-43-14-8-9-15-49(43)57(50)21-29-73(30-22-57)31-23-58(45-17-19-48(61)20-18-45)40-74(41-80-58)55(77)44-35-46(59(62,63)64)38-47(36-44)60(65,66)67/h8-9,14-15,17-20,34-36,38,50,68H,5-7,10-13,16,21-33,37,39-41H2,1-4H3/t50-,58-/m0/s1. The molecular formula is C60H76F7N7O6S. The Morgan fingerprint density at radius 1 is 0.753 bits per heavy atom. The summed E-state index contributed by atoms with van der Waals surface area (Å²) in [6.07, 6.45) is -0.714. The van der Waals surface area contributed by atoms with Crippen LogP contribution in [0.2, 0.25) is 0 Å². The Kier molecular flexibility index (Phi) is 20.3. The second-order valence-corrected chi connectivity index (χ2v) is 23.5. The summed E-state index contributed by atoms with van der Waals surface area (Å²) in [5.74, 6) is -1.65. The van der Waals surface area contributed by atoms with Crippen molar-refractivity contribution >= 4 is 40.0 Å². The molecule has 3 saturated heterocycles. The minimum Gasteiger partial charge on any atom is -0.377 e. The maximum absolute atomic E-state index is 14.2. The highest BCUT2D eigenvalue weighted by molar-refractivity contribution is 7.18. The lowest BCUT2D eigenvalue weighted by atomic mass is 9.72. The number of ether oxygens (including phenoxy) is 2. The van der Waals surface area contributed by atoms with Crippen LogP contribution in [-0.4, -0.2) is 166 Å². The van der Waals surface area contributed by atoms with Gasteiger partial charge in [0.15, 0.2) is 0 Å². The average molecular weight is 1160 g/mol. The third-order valence-electron chi connectivity index (χ3n) is 16.9. The molecule has 4 heterocycles. The van der Waals surface area contributed by atoms with E-state index in [4.69, 9.17) is 9.47 Å². The average Bonchev–Trinajstić information content (AvgIpc) is 4.36. The van der Waals surface area contributed by atoms with Crippen molar-refractivity contribution in [3.8, 4) is 0 Å². The fourth-order valence-electron chi connectivity index (χ4n) is 11.9. The van der Waals surface area contributed by atoms with Gasteiger partial charge in [-0.25, -0.2) is 4.39 Å². The van der Waals surface area contributed by atoms with Crippen LogP contribution in [0.15, 0.2) is 72.8 Å². The van der Waals surface area contributed by atoms with Crippen LogP contribution in [0.4, 0.5) is 35.7 Å². The minimum atomic E-state index is -5.14. The zero-order valence-electron chi connectivity index (χ0n) is 46.9. The molecule has 2 atom stereocenters. The summed E-state index contributed by atoms with van der Waals surface area (Å²) in [6.45, 7) is 8.43. The summed E-state index contributed by atoms with van der Waals surface area (Å²) in [5.41, 5.74) is -1.91. The summed E-state index contributed by atoms with van der Waals surface area (Å²) in [5, 5.41) is 4.39. The fourth-order valence-corrected chi connectivity index (χ4v) is 13.0. The van der Waals surface area contributed by atoms with E-state index >= 15 is 0 Å². The Labute approximate surface area is 474 Å². The van der Waals surface area contributed by atoms with Gasteiger partial charge >= 0.3 is 12.4 Å². The number of hydrogen-bond donors (Lipinski definition) is 1. The van der Waals surface area contributed by atoms with Crippen LogP contribution >= 0.6 is 11.3 Å². The SMILES string of the molecule is Cc1cc(NCCCCCC(=O)N(C)CCN2CCCCC2)sc1C(=O)N(C)CCCN(C)C(=O)CO[C@H]1Cc2ccccc2C12CCN(CC[C@@]1(c3ccc(F)cc3)CN(C(=O)c3cc(C(F)(F)F)cc(C(F)(F)F)c3)CO1)CC2. The summed E-state index contributed by atoms with van der Waals surface area (Å²) in [4.78, 5) is 65.2. The topological polar surface area (TPSA) is 118 Å². The molecule has 3 aromatic carbocycles. The van der Waals surface area contributed by atoms with Crippen molar-refractivity contribution in [1.29, 1.82) is 0 Å². The first-order valence-electron chi connectivity index (χ1n) is 28.3. The van der Waals surface area contributed by atoms with Crippen molar-refractivity contribution in [2.75, 3.05) is 112 Å². The fraction of sp³-hybridized carbons (Fsp3) is 0.567. The number of carbonyl (C=O) groups excluding carboxylic acids is 4. The number of piperidine rings is 2. The summed E-state index contributed by atoms with van der Waals surface area (Å²) < 4.78 is 109. The molecule has 0 unspecified atom stereocenters. The molecule has 1 N–H and O–H groups in total. The first-order chi connectivity index (χ1) is 38.5. The highest BCUT2D eigenvalue weighted by atomic mass is 32.1. The van der Waals surface area contributed by atoms with Crippen molar-refractivity contribution in [3.63, 3.8) is 0 Å². The van der Waals surface area contributed by atoms with Crippen LogP contribution < -0.4 is 5.32 Å². The molecule has 0 radical (unpaired) electrons. The number of thiophene rings is 1. The van der Waals surface area contributed by atoms with Crippen molar-refractivity contribution in [2.24, 2.45) is 0 Å². The number of hydrogen-bond acceptors (Lipinski definition) is 10. The van der Waals surface area contributed by atoms with E-state index in [0.717, 1.165) is 73.0 Å². The number of alkyl halides is 6. The third-order valence-corrected chi connectivity index (χ3v) is 18.0. The van der Waals surface area contributed by atoms with Gasteiger partial charge < -0.3 is 44.2 Å². The summed E-state index contributed by atoms with van der Waals surface area (Å²) in [6, 6.07) is 16.4. The molecule has 4 amide bonds. The number of nitrogens with one attached hydrogen (secondary N) is 1. The van der Waals surface area contributed by atoms with Crippen LogP contribution in [0.5, 0.6) is 0 Å².